The summed E-state index contributed by atoms with van der Waals surface area (Å²) in [5.74, 6) is 0.749. The average molecular weight is 487 g/mol. The smallest absolute Gasteiger partial charge is 0.314 e. The van der Waals surface area contributed by atoms with E-state index >= 15 is 0 Å². The summed E-state index contributed by atoms with van der Waals surface area (Å²) in [6, 6.07) is 12.3. The monoisotopic (exact) mass is 486 g/mol. The third-order valence-corrected chi connectivity index (χ3v) is 7.16. The number of imidazole rings is 1. The molecule has 0 spiro atoms. The Morgan fingerprint density at radius 3 is 2.64 bits per heavy atom. The standard InChI is InChI=1S/C26H30N8O2/c1-18-3-2-4-19(15-18)21-7-10-34(30-21)23-16-22(31-11-13-36-14-12-31)24-25(29-23)33(17-28-24)20-5-8-32(9-6-20)26(27)35/h2-4,7,10,15-17,20H,5-6,8-9,11-14H2,1H3,(H2,27,35). The van der Waals surface area contributed by atoms with Gasteiger partial charge in [-0.25, -0.2) is 19.4 Å². The van der Waals surface area contributed by atoms with Crippen LogP contribution in [-0.4, -0.2) is 74.6 Å². The lowest BCUT2D eigenvalue weighted by atomic mass is 10.1. The highest BCUT2D eigenvalue weighted by molar-refractivity contribution is 5.88. The second-order valence-corrected chi connectivity index (χ2v) is 9.49. The van der Waals surface area contributed by atoms with Crippen molar-refractivity contribution < 1.29 is 9.53 Å². The van der Waals surface area contributed by atoms with Gasteiger partial charge >= 0.3 is 6.03 Å². The van der Waals surface area contributed by atoms with E-state index in [0.717, 1.165) is 59.9 Å². The molecular formula is C26H30N8O2. The minimum atomic E-state index is -0.359. The molecule has 186 valence electrons. The molecule has 4 aromatic rings. The fourth-order valence-electron chi connectivity index (χ4n) is 5.18. The van der Waals surface area contributed by atoms with Gasteiger partial charge in [0, 0.05) is 50.0 Å². The molecule has 0 bridgehead atoms. The number of pyridine rings is 1. The number of benzene rings is 1. The van der Waals surface area contributed by atoms with Crippen molar-refractivity contribution >= 4 is 22.9 Å². The molecule has 2 aliphatic rings. The maximum atomic E-state index is 11.6. The van der Waals surface area contributed by atoms with Gasteiger partial charge in [0.25, 0.3) is 0 Å². The second-order valence-electron chi connectivity index (χ2n) is 9.49. The first-order valence-electron chi connectivity index (χ1n) is 12.4. The van der Waals surface area contributed by atoms with Crippen molar-refractivity contribution in [2.75, 3.05) is 44.3 Å². The number of aromatic nitrogens is 5. The molecule has 2 N–H and O–H groups in total. The number of anilines is 1. The number of primary amides is 1. The van der Waals surface area contributed by atoms with Crippen molar-refractivity contribution in [2.45, 2.75) is 25.8 Å². The van der Waals surface area contributed by atoms with Crippen molar-refractivity contribution in [3.05, 3.63) is 54.5 Å². The van der Waals surface area contributed by atoms with Gasteiger partial charge in [-0.2, -0.15) is 5.10 Å². The molecule has 1 aromatic carbocycles. The number of hydrogen-bond donors (Lipinski definition) is 1. The van der Waals surface area contributed by atoms with Crippen molar-refractivity contribution in [2.24, 2.45) is 5.73 Å². The van der Waals surface area contributed by atoms with Gasteiger partial charge in [0.1, 0.15) is 5.52 Å². The Hall–Kier alpha value is -3.92. The zero-order valence-corrected chi connectivity index (χ0v) is 20.4. The van der Waals surface area contributed by atoms with E-state index in [1.165, 1.54) is 5.56 Å². The number of rotatable bonds is 4. The molecule has 0 aliphatic carbocycles. The van der Waals surface area contributed by atoms with Gasteiger partial charge in [-0.15, -0.1) is 0 Å². The normalized spacial score (nSPS) is 17.1. The number of morpholine rings is 1. The van der Waals surface area contributed by atoms with Gasteiger partial charge in [0.2, 0.25) is 0 Å². The molecule has 0 saturated carbocycles. The number of amides is 2. The number of likely N-dealkylation sites (tertiary alicyclic amines) is 1. The summed E-state index contributed by atoms with van der Waals surface area (Å²) in [6.45, 7) is 6.32. The quantitative estimate of drug-likeness (QED) is 0.475. The molecule has 2 amide bonds. The first kappa shape index (κ1) is 22.5. The summed E-state index contributed by atoms with van der Waals surface area (Å²) < 4.78 is 9.60. The van der Waals surface area contributed by atoms with Gasteiger partial charge in [-0.05, 0) is 31.9 Å². The van der Waals surface area contributed by atoms with Crippen LogP contribution in [-0.2, 0) is 4.74 Å². The second kappa shape index (κ2) is 9.27. The number of aryl methyl sites for hydroxylation is 1. The number of hydrogen-bond acceptors (Lipinski definition) is 6. The van der Waals surface area contributed by atoms with Gasteiger partial charge in [0.05, 0.1) is 30.9 Å². The van der Waals surface area contributed by atoms with Crippen LogP contribution in [0.4, 0.5) is 10.5 Å². The van der Waals surface area contributed by atoms with E-state index in [1.807, 2.05) is 29.3 Å². The Balaban J connectivity index is 1.41. The van der Waals surface area contributed by atoms with Gasteiger partial charge in [-0.3, -0.25) is 0 Å². The van der Waals surface area contributed by atoms with Crippen LogP contribution in [0.1, 0.15) is 24.4 Å². The highest BCUT2D eigenvalue weighted by Crippen LogP contribution is 2.32. The number of ether oxygens (including phenoxy) is 1. The molecule has 2 aliphatic heterocycles. The summed E-state index contributed by atoms with van der Waals surface area (Å²) >= 11 is 0. The van der Waals surface area contributed by atoms with E-state index in [2.05, 4.69) is 40.7 Å². The predicted molar refractivity (Wildman–Crippen MR) is 137 cm³/mol. The zero-order chi connectivity index (χ0) is 24.6. The number of carbonyl (C=O) groups excluding carboxylic acids is 1. The summed E-state index contributed by atoms with van der Waals surface area (Å²) in [6.07, 6.45) is 5.47. The molecule has 10 nitrogen and oxygen atoms in total. The van der Waals surface area contributed by atoms with E-state index in [9.17, 15) is 4.79 Å². The Bertz CT molecular complexity index is 1400. The first-order chi connectivity index (χ1) is 17.6. The van der Waals surface area contributed by atoms with E-state index in [-0.39, 0.29) is 12.1 Å². The average Bonchev–Trinajstić information content (AvgIpc) is 3.57. The van der Waals surface area contributed by atoms with E-state index < -0.39 is 0 Å². The molecule has 2 fully saturated rings. The number of fused-ring (bicyclic) bond motifs is 1. The van der Waals surface area contributed by atoms with Crippen LogP contribution in [0.5, 0.6) is 0 Å². The SMILES string of the molecule is Cc1cccc(-c2ccn(-c3cc(N4CCOCC4)c4ncn(C5CCN(C(N)=O)CC5)c4n3)n2)c1. The Morgan fingerprint density at radius 2 is 1.89 bits per heavy atom. The number of nitrogens with zero attached hydrogens (tertiary/aromatic N) is 7. The molecule has 3 aromatic heterocycles. The van der Waals surface area contributed by atoms with Crippen molar-refractivity contribution in [3.8, 4) is 17.1 Å². The molecule has 36 heavy (non-hydrogen) atoms. The lowest BCUT2D eigenvalue weighted by molar-refractivity contribution is 0.123. The van der Waals surface area contributed by atoms with Crippen LogP contribution in [0.3, 0.4) is 0 Å². The topological polar surface area (TPSA) is 107 Å². The molecule has 10 heteroatoms. The van der Waals surface area contributed by atoms with E-state index in [0.29, 0.717) is 26.3 Å². The zero-order valence-electron chi connectivity index (χ0n) is 20.4. The molecular weight excluding hydrogens is 456 g/mol. The third kappa shape index (κ3) is 4.17. The molecule has 5 heterocycles. The first-order valence-corrected chi connectivity index (χ1v) is 12.4. The van der Waals surface area contributed by atoms with Crippen molar-refractivity contribution in [1.82, 2.24) is 29.2 Å². The predicted octanol–water partition coefficient (Wildman–Crippen LogP) is 3.14. The van der Waals surface area contributed by atoms with Crippen LogP contribution in [0.2, 0.25) is 0 Å². The third-order valence-electron chi connectivity index (χ3n) is 7.16. The summed E-state index contributed by atoms with van der Waals surface area (Å²) in [7, 11) is 0. The largest absolute Gasteiger partial charge is 0.378 e. The maximum absolute atomic E-state index is 11.6. The minimum absolute atomic E-state index is 0.200. The fourth-order valence-corrected chi connectivity index (χ4v) is 5.18. The molecule has 0 atom stereocenters. The molecule has 6 rings (SSSR count). The highest BCUT2D eigenvalue weighted by atomic mass is 16.5. The van der Waals surface area contributed by atoms with E-state index in [1.54, 1.807) is 4.90 Å². The Kier molecular flexibility index (Phi) is 5.80. The van der Waals surface area contributed by atoms with Crippen LogP contribution in [0.15, 0.2) is 48.9 Å². The summed E-state index contributed by atoms with van der Waals surface area (Å²) in [5, 5.41) is 4.86. The fraction of sp³-hybridized carbons (Fsp3) is 0.385. The number of urea groups is 1. The van der Waals surface area contributed by atoms with Gasteiger partial charge in [-0.1, -0.05) is 23.8 Å². The highest BCUT2D eigenvalue weighted by Gasteiger charge is 2.26. The van der Waals surface area contributed by atoms with Crippen LogP contribution in [0.25, 0.3) is 28.2 Å². The molecule has 2 saturated heterocycles. The van der Waals surface area contributed by atoms with Gasteiger partial charge in [0.15, 0.2) is 11.5 Å². The molecule has 0 radical (unpaired) electrons. The van der Waals surface area contributed by atoms with E-state index in [4.69, 9.17) is 25.5 Å². The Labute approximate surface area is 209 Å². The maximum Gasteiger partial charge on any atom is 0.314 e. The summed E-state index contributed by atoms with van der Waals surface area (Å²) in [4.78, 5) is 25.5. The molecule has 0 unspecified atom stereocenters. The van der Waals surface area contributed by atoms with Crippen LogP contribution < -0.4 is 10.6 Å². The van der Waals surface area contributed by atoms with Crippen molar-refractivity contribution in [3.63, 3.8) is 0 Å². The number of piperidine rings is 1. The summed E-state index contributed by atoms with van der Waals surface area (Å²) in [5.41, 5.74) is 11.4. The number of nitrogens with two attached hydrogens (primary N) is 1. The van der Waals surface area contributed by atoms with Crippen LogP contribution in [0, 0.1) is 6.92 Å². The number of carbonyl (C=O) groups is 1. The lowest BCUT2D eigenvalue weighted by Crippen LogP contribution is -2.42. The Morgan fingerprint density at radius 1 is 1.08 bits per heavy atom. The van der Waals surface area contributed by atoms with Gasteiger partial charge < -0.3 is 24.8 Å². The van der Waals surface area contributed by atoms with Crippen molar-refractivity contribution in [1.29, 1.82) is 0 Å². The minimum Gasteiger partial charge on any atom is -0.378 e. The van der Waals surface area contributed by atoms with Crippen LogP contribution >= 0.6 is 0 Å². The lowest BCUT2D eigenvalue weighted by Gasteiger charge is -2.32.